The van der Waals surface area contributed by atoms with Gasteiger partial charge in [0.25, 0.3) is 0 Å². The van der Waals surface area contributed by atoms with Crippen LogP contribution >= 0.6 is 0 Å². The number of H-pyrrole nitrogens is 1. The molecule has 0 unspecified atom stereocenters. The van der Waals surface area contributed by atoms with E-state index in [0.717, 1.165) is 18.5 Å². The zero-order valence-electron chi connectivity index (χ0n) is 7.50. The zero-order valence-corrected chi connectivity index (χ0v) is 7.50. The van der Waals surface area contributed by atoms with Gasteiger partial charge in [-0.15, -0.1) is 0 Å². The Morgan fingerprint density at radius 3 is 2.83 bits per heavy atom. The number of rotatable bonds is 3. The molecule has 0 aliphatic rings. The Kier molecular flexibility index (Phi) is 3.05. The van der Waals surface area contributed by atoms with Gasteiger partial charge in [0.1, 0.15) is 0 Å². The second-order valence-corrected chi connectivity index (χ2v) is 3.09. The van der Waals surface area contributed by atoms with Crippen molar-refractivity contribution in [1.29, 1.82) is 0 Å². The van der Waals surface area contributed by atoms with Crippen LogP contribution in [0.4, 0.5) is 0 Å². The van der Waals surface area contributed by atoms with Gasteiger partial charge in [-0.1, -0.05) is 0 Å². The van der Waals surface area contributed by atoms with E-state index in [1.807, 2.05) is 14.1 Å². The highest BCUT2D eigenvalue weighted by atomic mass is 16.1. The SMILES string of the molecule is CN(C)CCc1c[nH]ccc1=O. The molecule has 0 aromatic carbocycles. The lowest BCUT2D eigenvalue weighted by molar-refractivity contribution is 0.413. The molecule has 1 aromatic heterocycles. The first-order chi connectivity index (χ1) is 5.70. The lowest BCUT2D eigenvalue weighted by Gasteiger charge is -2.07. The Morgan fingerprint density at radius 1 is 1.50 bits per heavy atom. The fourth-order valence-electron chi connectivity index (χ4n) is 0.990. The van der Waals surface area contributed by atoms with Gasteiger partial charge in [-0.05, 0) is 20.5 Å². The molecule has 0 saturated heterocycles. The number of hydrogen-bond acceptors (Lipinski definition) is 2. The van der Waals surface area contributed by atoms with Crippen LogP contribution in [0.3, 0.4) is 0 Å². The molecule has 0 aliphatic carbocycles. The Labute approximate surface area is 72.0 Å². The lowest BCUT2D eigenvalue weighted by atomic mass is 10.2. The van der Waals surface area contributed by atoms with Crippen molar-refractivity contribution < 1.29 is 0 Å². The van der Waals surface area contributed by atoms with Crippen LogP contribution in [-0.4, -0.2) is 30.5 Å². The van der Waals surface area contributed by atoms with Gasteiger partial charge >= 0.3 is 0 Å². The largest absolute Gasteiger partial charge is 0.367 e. The van der Waals surface area contributed by atoms with Gasteiger partial charge in [0.2, 0.25) is 0 Å². The van der Waals surface area contributed by atoms with Crippen LogP contribution in [0, 0.1) is 0 Å². The minimum Gasteiger partial charge on any atom is -0.367 e. The Morgan fingerprint density at radius 2 is 2.25 bits per heavy atom. The van der Waals surface area contributed by atoms with Crippen molar-refractivity contribution in [3.05, 3.63) is 34.2 Å². The standard InChI is InChI=1S/C9H14N2O/c1-11(2)6-4-8-7-10-5-3-9(8)12/h3,5,7H,4,6H2,1-2H3,(H,10,12). The molecule has 1 aromatic rings. The van der Waals surface area contributed by atoms with E-state index in [9.17, 15) is 4.79 Å². The fraction of sp³-hybridized carbons (Fsp3) is 0.444. The van der Waals surface area contributed by atoms with E-state index in [1.165, 1.54) is 0 Å². The maximum Gasteiger partial charge on any atom is 0.184 e. The first kappa shape index (κ1) is 9.00. The van der Waals surface area contributed by atoms with Crippen LogP contribution in [0.5, 0.6) is 0 Å². The van der Waals surface area contributed by atoms with Crippen LogP contribution in [0.15, 0.2) is 23.3 Å². The van der Waals surface area contributed by atoms with Gasteiger partial charge in [-0.2, -0.15) is 0 Å². The summed E-state index contributed by atoms with van der Waals surface area (Å²) in [5, 5.41) is 0. The van der Waals surface area contributed by atoms with Crippen molar-refractivity contribution in [2.24, 2.45) is 0 Å². The normalized spacial score (nSPS) is 10.6. The van der Waals surface area contributed by atoms with E-state index >= 15 is 0 Å². The van der Waals surface area contributed by atoms with Crippen molar-refractivity contribution in [3.63, 3.8) is 0 Å². The van der Waals surface area contributed by atoms with Crippen LogP contribution in [0.1, 0.15) is 5.56 Å². The molecule has 3 heteroatoms. The van der Waals surface area contributed by atoms with Gasteiger partial charge in [-0.25, -0.2) is 0 Å². The highest BCUT2D eigenvalue weighted by Crippen LogP contribution is 1.90. The summed E-state index contributed by atoms with van der Waals surface area (Å²) >= 11 is 0. The van der Waals surface area contributed by atoms with E-state index in [4.69, 9.17) is 0 Å². The third-order valence-corrected chi connectivity index (χ3v) is 1.73. The summed E-state index contributed by atoms with van der Waals surface area (Å²) < 4.78 is 0. The first-order valence-corrected chi connectivity index (χ1v) is 4.01. The molecule has 1 heterocycles. The van der Waals surface area contributed by atoms with Crippen molar-refractivity contribution in [2.45, 2.75) is 6.42 Å². The van der Waals surface area contributed by atoms with Crippen molar-refractivity contribution in [3.8, 4) is 0 Å². The van der Waals surface area contributed by atoms with Crippen LogP contribution in [0.2, 0.25) is 0 Å². The minimum absolute atomic E-state index is 0.121. The summed E-state index contributed by atoms with van der Waals surface area (Å²) in [5.74, 6) is 0. The third-order valence-electron chi connectivity index (χ3n) is 1.73. The van der Waals surface area contributed by atoms with Crippen molar-refractivity contribution >= 4 is 0 Å². The molecule has 1 N–H and O–H groups in total. The molecule has 12 heavy (non-hydrogen) atoms. The van der Waals surface area contributed by atoms with E-state index in [2.05, 4.69) is 9.88 Å². The number of aromatic amines is 1. The average Bonchev–Trinajstić information content (AvgIpc) is 2.03. The number of pyridine rings is 1. The molecule has 0 fully saturated rings. The molecule has 0 radical (unpaired) electrons. The number of hydrogen-bond donors (Lipinski definition) is 1. The van der Waals surface area contributed by atoms with Gasteiger partial charge in [0.15, 0.2) is 5.43 Å². The highest BCUT2D eigenvalue weighted by Gasteiger charge is 1.97. The van der Waals surface area contributed by atoms with E-state index in [-0.39, 0.29) is 5.43 Å². The summed E-state index contributed by atoms with van der Waals surface area (Å²) in [6.07, 6.45) is 4.23. The maximum atomic E-state index is 11.2. The second-order valence-electron chi connectivity index (χ2n) is 3.09. The maximum absolute atomic E-state index is 11.2. The molecule has 0 spiro atoms. The van der Waals surface area contributed by atoms with Crippen molar-refractivity contribution in [1.82, 2.24) is 9.88 Å². The summed E-state index contributed by atoms with van der Waals surface area (Å²) in [7, 11) is 3.99. The Hall–Kier alpha value is -1.09. The van der Waals surface area contributed by atoms with E-state index in [0.29, 0.717) is 0 Å². The molecule has 0 amide bonds. The third kappa shape index (κ3) is 2.51. The molecule has 0 saturated carbocycles. The number of nitrogens with one attached hydrogen (secondary N) is 1. The monoisotopic (exact) mass is 166 g/mol. The average molecular weight is 166 g/mol. The molecule has 1 rings (SSSR count). The minimum atomic E-state index is 0.121. The smallest absolute Gasteiger partial charge is 0.184 e. The summed E-state index contributed by atoms with van der Waals surface area (Å²) in [6.45, 7) is 0.910. The van der Waals surface area contributed by atoms with E-state index in [1.54, 1.807) is 18.5 Å². The molecule has 66 valence electrons. The molecule has 3 nitrogen and oxygen atoms in total. The summed E-state index contributed by atoms with van der Waals surface area (Å²) in [5.41, 5.74) is 0.974. The summed E-state index contributed by atoms with van der Waals surface area (Å²) in [4.78, 5) is 16.2. The Bertz CT molecular complexity index is 291. The van der Waals surface area contributed by atoms with Gasteiger partial charge in [0, 0.05) is 30.6 Å². The first-order valence-electron chi connectivity index (χ1n) is 4.01. The zero-order chi connectivity index (χ0) is 8.97. The lowest BCUT2D eigenvalue weighted by Crippen LogP contribution is -2.18. The van der Waals surface area contributed by atoms with Crippen LogP contribution < -0.4 is 5.43 Å². The van der Waals surface area contributed by atoms with Gasteiger partial charge < -0.3 is 9.88 Å². The second kappa shape index (κ2) is 4.07. The number of aromatic nitrogens is 1. The predicted molar refractivity (Wildman–Crippen MR) is 49.3 cm³/mol. The van der Waals surface area contributed by atoms with Gasteiger partial charge in [-0.3, -0.25) is 4.79 Å². The van der Waals surface area contributed by atoms with Gasteiger partial charge in [0.05, 0.1) is 0 Å². The number of likely N-dealkylation sites (N-methyl/N-ethyl adjacent to an activating group) is 1. The summed E-state index contributed by atoms with van der Waals surface area (Å²) in [6, 6.07) is 1.56. The van der Waals surface area contributed by atoms with E-state index < -0.39 is 0 Å². The fourth-order valence-corrected chi connectivity index (χ4v) is 0.990. The molecular formula is C9H14N2O. The molecular weight excluding hydrogens is 152 g/mol. The highest BCUT2D eigenvalue weighted by molar-refractivity contribution is 5.09. The molecule has 0 aliphatic heterocycles. The number of nitrogens with zero attached hydrogens (tertiary/aromatic N) is 1. The van der Waals surface area contributed by atoms with Crippen LogP contribution in [-0.2, 0) is 6.42 Å². The predicted octanol–water partition coefficient (Wildman–Crippen LogP) is 0.479. The topological polar surface area (TPSA) is 36.1 Å². The Balaban J connectivity index is 2.64. The molecule has 0 bridgehead atoms. The molecule has 0 atom stereocenters. The van der Waals surface area contributed by atoms with Crippen LogP contribution in [0.25, 0.3) is 0 Å². The quantitative estimate of drug-likeness (QED) is 0.709. The van der Waals surface area contributed by atoms with Crippen molar-refractivity contribution in [2.75, 3.05) is 20.6 Å².